The van der Waals surface area contributed by atoms with E-state index < -0.39 is 0 Å². The fourth-order valence-electron chi connectivity index (χ4n) is 1.13. The smallest absolute Gasteiger partial charge is 0.0940 e. The molecular formula is C9H7ClS. The molecule has 0 aliphatic heterocycles. The molecule has 56 valence electrons. The standard InChI is InChI=1S/C9H7ClS/c1-6-2-3-8-7(4-6)5-9(10)11-8/h2-5H,1H3. The summed E-state index contributed by atoms with van der Waals surface area (Å²) in [5.74, 6) is 0. The van der Waals surface area contributed by atoms with E-state index in [0.717, 1.165) is 4.34 Å². The first kappa shape index (κ1) is 7.14. The van der Waals surface area contributed by atoms with Crippen LogP contribution in [-0.4, -0.2) is 0 Å². The molecular weight excluding hydrogens is 176 g/mol. The number of hydrogen-bond donors (Lipinski definition) is 0. The molecule has 0 aliphatic rings. The van der Waals surface area contributed by atoms with Crippen molar-refractivity contribution in [3.05, 3.63) is 34.2 Å². The molecule has 0 amide bonds. The molecule has 1 heterocycles. The highest BCUT2D eigenvalue weighted by Crippen LogP contribution is 2.29. The number of hydrogen-bond acceptors (Lipinski definition) is 1. The van der Waals surface area contributed by atoms with Gasteiger partial charge < -0.3 is 0 Å². The zero-order valence-corrected chi connectivity index (χ0v) is 7.67. The summed E-state index contributed by atoms with van der Waals surface area (Å²) in [6, 6.07) is 8.38. The second kappa shape index (κ2) is 2.50. The lowest BCUT2D eigenvalue weighted by Gasteiger charge is -1.89. The van der Waals surface area contributed by atoms with Crippen LogP contribution in [0.2, 0.25) is 4.34 Å². The molecule has 2 aromatic rings. The summed E-state index contributed by atoms with van der Waals surface area (Å²) in [4.78, 5) is 0. The van der Waals surface area contributed by atoms with Crippen LogP contribution < -0.4 is 0 Å². The summed E-state index contributed by atoms with van der Waals surface area (Å²) < 4.78 is 2.13. The highest BCUT2D eigenvalue weighted by atomic mass is 35.5. The Morgan fingerprint density at radius 1 is 1.27 bits per heavy atom. The largest absolute Gasteiger partial charge is 0.123 e. The summed E-state index contributed by atoms with van der Waals surface area (Å²) in [5.41, 5.74) is 1.28. The van der Waals surface area contributed by atoms with Gasteiger partial charge in [0, 0.05) is 4.70 Å². The van der Waals surface area contributed by atoms with Gasteiger partial charge in [-0.15, -0.1) is 11.3 Å². The third kappa shape index (κ3) is 1.26. The number of aryl methyl sites for hydroxylation is 1. The monoisotopic (exact) mass is 182 g/mol. The minimum absolute atomic E-state index is 0.866. The Hall–Kier alpha value is -0.530. The molecule has 11 heavy (non-hydrogen) atoms. The number of fused-ring (bicyclic) bond motifs is 1. The Bertz CT molecular complexity index is 389. The molecule has 0 aliphatic carbocycles. The lowest BCUT2D eigenvalue weighted by atomic mass is 10.2. The second-order valence-corrected chi connectivity index (χ2v) is 4.31. The van der Waals surface area contributed by atoms with Gasteiger partial charge in [-0.05, 0) is 24.4 Å². The van der Waals surface area contributed by atoms with Crippen molar-refractivity contribution in [1.82, 2.24) is 0 Å². The molecule has 0 saturated carbocycles. The highest BCUT2D eigenvalue weighted by molar-refractivity contribution is 7.22. The van der Waals surface area contributed by atoms with Gasteiger partial charge in [-0.1, -0.05) is 29.3 Å². The molecule has 0 saturated heterocycles. The van der Waals surface area contributed by atoms with Crippen molar-refractivity contribution in [3.8, 4) is 0 Å². The van der Waals surface area contributed by atoms with Gasteiger partial charge in [-0.25, -0.2) is 0 Å². The van der Waals surface area contributed by atoms with Crippen molar-refractivity contribution < 1.29 is 0 Å². The van der Waals surface area contributed by atoms with Gasteiger partial charge >= 0.3 is 0 Å². The van der Waals surface area contributed by atoms with E-state index in [4.69, 9.17) is 11.6 Å². The molecule has 1 aromatic carbocycles. The average Bonchev–Trinajstić information content (AvgIpc) is 2.27. The van der Waals surface area contributed by atoms with Gasteiger partial charge in [0.15, 0.2) is 0 Å². The normalized spacial score (nSPS) is 10.7. The lowest BCUT2D eigenvalue weighted by Crippen LogP contribution is -1.67. The van der Waals surface area contributed by atoms with E-state index in [1.165, 1.54) is 15.6 Å². The zero-order valence-electron chi connectivity index (χ0n) is 6.10. The Kier molecular flexibility index (Phi) is 1.63. The summed E-state index contributed by atoms with van der Waals surface area (Å²) in [6.45, 7) is 2.09. The van der Waals surface area contributed by atoms with Gasteiger partial charge in [0.2, 0.25) is 0 Å². The number of thiophene rings is 1. The van der Waals surface area contributed by atoms with E-state index in [1.807, 2.05) is 6.07 Å². The van der Waals surface area contributed by atoms with Gasteiger partial charge in [-0.3, -0.25) is 0 Å². The molecule has 0 nitrogen and oxygen atoms in total. The van der Waals surface area contributed by atoms with Crippen molar-refractivity contribution in [2.45, 2.75) is 6.92 Å². The van der Waals surface area contributed by atoms with E-state index in [9.17, 15) is 0 Å². The first-order chi connectivity index (χ1) is 5.25. The third-order valence-electron chi connectivity index (χ3n) is 1.64. The molecule has 0 fully saturated rings. The fourth-order valence-corrected chi connectivity index (χ4v) is 2.27. The maximum Gasteiger partial charge on any atom is 0.0940 e. The average molecular weight is 183 g/mol. The van der Waals surface area contributed by atoms with Crippen molar-refractivity contribution in [2.75, 3.05) is 0 Å². The lowest BCUT2D eigenvalue weighted by molar-refractivity contribution is 1.52. The Balaban J connectivity index is 2.82. The Morgan fingerprint density at radius 3 is 2.91 bits per heavy atom. The van der Waals surface area contributed by atoms with Gasteiger partial charge in [-0.2, -0.15) is 0 Å². The molecule has 0 N–H and O–H groups in total. The predicted octanol–water partition coefficient (Wildman–Crippen LogP) is 3.86. The van der Waals surface area contributed by atoms with Crippen LogP contribution in [-0.2, 0) is 0 Å². The molecule has 2 rings (SSSR count). The second-order valence-electron chi connectivity index (χ2n) is 2.59. The quantitative estimate of drug-likeness (QED) is 0.581. The SMILES string of the molecule is Cc1ccc2sc(Cl)cc2c1. The van der Waals surface area contributed by atoms with Gasteiger partial charge in [0.25, 0.3) is 0 Å². The number of rotatable bonds is 0. The maximum atomic E-state index is 5.85. The van der Waals surface area contributed by atoms with Crippen molar-refractivity contribution >= 4 is 33.0 Å². The molecule has 0 atom stereocenters. The zero-order chi connectivity index (χ0) is 7.84. The molecule has 0 bridgehead atoms. The molecule has 0 unspecified atom stereocenters. The third-order valence-corrected chi connectivity index (χ3v) is 2.89. The van der Waals surface area contributed by atoms with E-state index in [1.54, 1.807) is 11.3 Å². The van der Waals surface area contributed by atoms with E-state index >= 15 is 0 Å². The Labute approximate surface area is 74.4 Å². The predicted molar refractivity (Wildman–Crippen MR) is 51.6 cm³/mol. The van der Waals surface area contributed by atoms with Crippen LogP contribution in [0.1, 0.15) is 5.56 Å². The van der Waals surface area contributed by atoms with Crippen LogP contribution in [0.3, 0.4) is 0 Å². The summed E-state index contributed by atoms with van der Waals surface area (Å²) in [7, 11) is 0. The first-order valence-electron chi connectivity index (χ1n) is 3.41. The van der Waals surface area contributed by atoms with Crippen LogP contribution in [0, 0.1) is 6.92 Å². The Morgan fingerprint density at radius 2 is 2.09 bits per heavy atom. The summed E-state index contributed by atoms with van der Waals surface area (Å²) in [5, 5.41) is 1.25. The van der Waals surface area contributed by atoms with Crippen LogP contribution in [0.5, 0.6) is 0 Å². The van der Waals surface area contributed by atoms with Crippen LogP contribution in [0.15, 0.2) is 24.3 Å². The fraction of sp³-hybridized carbons (Fsp3) is 0.111. The molecule has 2 heteroatoms. The molecule has 0 radical (unpaired) electrons. The maximum absolute atomic E-state index is 5.85. The van der Waals surface area contributed by atoms with Crippen molar-refractivity contribution in [3.63, 3.8) is 0 Å². The number of halogens is 1. The van der Waals surface area contributed by atoms with E-state index in [-0.39, 0.29) is 0 Å². The topological polar surface area (TPSA) is 0 Å². The summed E-state index contributed by atoms with van der Waals surface area (Å²) in [6.07, 6.45) is 0. The number of benzene rings is 1. The van der Waals surface area contributed by atoms with Gasteiger partial charge in [0.05, 0.1) is 4.34 Å². The minimum Gasteiger partial charge on any atom is -0.123 e. The van der Waals surface area contributed by atoms with Crippen LogP contribution in [0.4, 0.5) is 0 Å². The highest BCUT2D eigenvalue weighted by Gasteiger charge is 1.97. The van der Waals surface area contributed by atoms with Crippen LogP contribution >= 0.6 is 22.9 Å². The minimum atomic E-state index is 0.866. The molecule has 1 aromatic heterocycles. The van der Waals surface area contributed by atoms with E-state index in [0.29, 0.717) is 0 Å². The van der Waals surface area contributed by atoms with Crippen molar-refractivity contribution in [1.29, 1.82) is 0 Å². The van der Waals surface area contributed by atoms with Crippen LogP contribution in [0.25, 0.3) is 10.1 Å². The molecule has 0 spiro atoms. The first-order valence-corrected chi connectivity index (χ1v) is 4.61. The van der Waals surface area contributed by atoms with Gasteiger partial charge in [0.1, 0.15) is 0 Å². The van der Waals surface area contributed by atoms with Crippen molar-refractivity contribution in [2.24, 2.45) is 0 Å². The van der Waals surface area contributed by atoms with E-state index in [2.05, 4.69) is 25.1 Å². The summed E-state index contributed by atoms with van der Waals surface area (Å²) >= 11 is 7.48.